The van der Waals surface area contributed by atoms with E-state index in [2.05, 4.69) is 17.1 Å². The molecule has 1 rings (SSSR count). The van der Waals surface area contributed by atoms with Crippen molar-refractivity contribution in [3.63, 3.8) is 0 Å². The predicted molar refractivity (Wildman–Crippen MR) is 45.9 cm³/mol. The second-order valence-electron chi connectivity index (χ2n) is 3.36. The maximum atomic E-state index is 12.0. The van der Waals surface area contributed by atoms with Crippen molar-refractivity contribution in [3.05, 3.63) is 0 Å². The molecule has 1 heterocycles. The Balaban J connectivity index is 2.28. The summed E-state index contributed by atoms with van der Waals surface area (Å²) in [5, 5.41) is 12.3. The highest BCUT2D eigenvalue weighted by molar-refractivity contribution is 4.77. The number of nitrogens with zero attached hydrogens (tertiary/aromatic N) is 1. The number of nitrogens with one attached hydrogen (secondary N) is 1. The van der Waals surface area contributed by atoms with Crippen molar-refractivity contribution < 1.29 is 9.50 Å². The summed E-state index contributed by atoms with van der Waals surface area (Å²) in [6.45, 7) is 4.66. The molecule has 1 saturated heterocycles. The van der Waals surface area contributed by atoms with Crippen LogP contribution in [-0.2, 0) is 0 Å². The van der Waals surface area contributed by atoms with Crippen LogP contribution in [0.15, 0.2) is 0 Å². The third-order valence-electron chi connectivity index (χ3n) is 2.26. The van der Waals surface area contributed by atoms with Crippen molar-refractivity contribution in [1.82, 2.24) is 10.2 Å². The summed E-state index contributed by atoms with van der Waals surface area (Å²) < 4.78 is 12.0. The van der Waals surface area contributed by atoms with E-state index < -0.39 is 12.8 Å². The molecule has 0 aromatic heterocycles. The van der Waals surface area contributed by atoms with Crippen LogP contribution in [0.5, 0.6) is 0 Å². The molecular formula is C8H17FN2O. The minimum absolute atomic E-state index is 0.403. The van der Waals surface area contributed by atoms with Crippen LogP contribution < -0.4 is 5.32 Å². The molecule has 1 aliphatic rings. The summed E-state index contributed by atoms with van der Waals surface area (Å²) in [6.07, 6.45) is -0.814. The van der Waals surface area contributed by atoms with Gasteiger partial charge in [-0.05, 0) is 6.92 Å². The minimum atomic E-state index is -0.814. The topological polar surface area (TPSA) is 35.5 Å². The smallest absolute Gasteiger partial charge is 0.117 e. The number of halogens is 1. The molecule has 3 nitrogen and oxygen atoms in total. The Hall–Kier alpha value is -0.190. The van der Waals surface area contributed by atoms with E-state index in [0.29, 0.717) is 12.6 Å². The van der Waals surface area contributed by atoms with Gasteiger partial charge in [-0.25, -0.2) is 4.39 Å². The van der Waals surface area contributed by atoms with Crippen LogP contribution in [0, 0.1) is 0 Å². The molecule has 12 heavy (non-hydrogen) atoms. The zero-order valence-electron chi connectivity index (χ0n) is 7.46. The van der Waals surface area contributed by atoms with Gasteiger partial charge in [0.15, 0.2) is 0 Å². The fourth-order valence-corrected chi connectivity index (χ4v) is 1.47. The number of rotatable bonds is 3. The first-order chi connectivity index (χ1) is 5.74. The Bertz CT molecular complexity index is 134. The van der Waals surface area contributed by atoms with Crippen LogP contribution in [0.3, 0.4) is 0 Å². The summed E-state index contributed by atoms with van der Waals surface area (Å²) in [5.41, 5.74) is 0. The van der Waals surface area contributed by atoms with Gasteiger partial charge in [0.25, 0.3) is 0 Å². The van der Waals surface area contributed by atoms with E-state index in [4.69, 9.17) is 5.11 Å². The lowest BCUT2D eigenvalue weighted by atomic mass is 10.2. The molecule has 1 unspecified atom stereocenters. The van der Waals surface area contributed by atoms with E-state index in [0.717, 1.165) is 19.6 Å². The first-order valence-electron chi connectivity index (χ1n) is 4.43. The number of piperazine rings is 1. The minimum Gasteiger partial charge on any atom is -0.389 e. The summed E-state index contributed by atoms with van der Waals surface area (Å²) >= 11 is 0. The highest BCUT2D eigenvalue weighted by atomic mass is 19.1. The van der Waals surface area contributed by atoms with Gasteiger partial charge < -0.3 is 10.4 Å². The molecule has 2 atom stereocenters. The maximum Gasteiger partial charge on any atom is 0.117 e. The number of aliphatic hydroxyl groups excluding tert-OH is 1. The third-order valence-corrected chi connectivity index (χ3v) is 2.26. The van der Waals surface area contributed by atoms with Crippen LogP contribution in [0.1, 0.15) is 6.92 Å². The normalized spacial score (nSPS) is 28.8. The van der Waals surface area contributed by atoms with Gasteiger partial charge in [0.1, 0.15) is 6.67 Å². The van der Waals surface area contributed by atoms with Crippen molar-refractivity contribution in [2.75, 3.05) is 32.9 Å². The van der Waals surface area contributed by atoms with Gasteiger partial charge >= 0.3 is 0 Å². The predicted octanol–water partition coefficient (Wildman–Crippen LogP) is -0.389. The number of hydrogen-bond acceptors (Lipinski definition) is 3. The maximum absolute atomic E-state index is 12.0. The van der Waals surface area contributed by atoms with Crippen LogP contribution in [0.4, 0.5) is 4.39 Å². The molecule has 0 saturated carbocycles. The standard InChI is InChI=1S/C8H17FN2O/c1-7-5-10-2-3-11(7)6-8(12)4-9/h7-8,10,12H,2-6H2,1H3/t7-,8?/m1/s1. The fourth-order valence-electron chi connectivity index (χ4n) is 1.47. The van der Waals surface area contributed by atoms with E-state index in [1.165, 1.54) is 0 Å². The highest BCUT2D eigenvalue weighted by Gasteiger charge is 2.19. The van der Waals surface area contributed by atoms with E-state index in [1.807, 2.05) is 0 Å². The van der Waals surface area contributed by atoms with Crippen LogP contribution in [0.2, 0.25) is 0 Å². The average molecular weight is 176 g/mol. The molecule has 2 N–H and O–H groups in total. The number of β-amino-alcohol motifs (C(OH)–C–C–N with tert-alkyl or cyclic N) is 1. The van der Waals surface area contributed by atoms with E-state index in [1.54, 1.807) is 0 Å². The lowest BCUT2D eigenvalue weighted by Gasteiger charge is -2.34. The molecule has 1 fully saturated rings. The van der Waals surface area contributed by atoms with Gasteiger partial charge in [0, 0.05) is 32.2 Å². The summed E-state index contributed by atoms with van der Waals surface area (Å²) in [6, 6.07) is 0.403. The summed E-state index contributed by atoms with van der Waals surface area (Å²) in [5.74, 6) is 0. The van der Waals surface area contributed by atoms with Crippen molar-refractivity contribution >= 4 is 0 Å². The quantitative estimate of drug-likeness (QED) is 0.615. The number of alkyl halides is 1. The molecule has 72 valence electrons. The Morgan fingerprint density at radius 3 is 3.08 bits per heavy atom. The monoisotopic (exact) mass is 176 g/mol. The lowest BCUT2D eigenvalue weighted by molar-refractivity contribution is 0.0635. The summed E-state index contributed by atoms with van der Waals surface area (Å²) in [4.78, 5) is 2.11. The van der Waals surface area contributed by atoms with Crippen molar-refractivity contribution in [2.24, 2.45) is 0 Å². The summed E-state index contributed by atoms with van der Waals surface area (Å²) in [7, 11) is 0. The SMILES string of the molecule is C[C@@H]1CNCCN1CC(O)CF. The lowest BCUT2D eigenvalue weighted by Crippen LogP contribution is -2.52. The molecule has 0 amide bonds. The molecule has 0 aliphatic carbocycles. The first-order valence-corrected chi connectivity index (χ1v) is 4.43. The van der Waals surface area contributed by atoms with E-state index in [-0.39, 0.29) is 0 Å². The molecule has 0 aromatic rings. The van der Waals surface area contributed by atoms with Gasteiger partial charge in [0.2, 0.25) is 0 Å². The second kappa shape index (κ2) is 4.74. The van der Waals surface area contributed by atoms with Crippen LogP contribution in [0.25, 0.3) is 0 Å². The van der Waals surface area contributed by atoms with Crippen LogP contribution in [-0.4, -0.2) is 55.0 Å². The number of aliphatic hydroxyl groups is 1. The fraction of sp³-hybridized carbons (Fsp3) is 1.00. The molecule has 0 spiro atoms. The van der Waals surface area contributed by atoms with Gasteiger partial charge in [0.05, 0.1) is 6.10 Å². The van der Waals surface area contributed by atoms with Crippen molar-refractivity contribution in [2.45, 2.75) is 19.1 Å². The van der Waals surface area contributed by atoms with E-state index >= 15 is 0 Å². The van der Waals surface area contributed by atoms with Gasteiger partial charge in [-0.2, -0.15) is 0 Å². The number of hydrogen-bond donors (Lipinski definition) is 2. The van der Waals surface area contributed by atoms with E-state index in [9.17, 15) is 4.39 Å². The molecule has 1 aliphatic heterocycles. The molecular weight excluding hydrogens is 159 g/mol. The molecule has 4 heteroatoms. The second-order valence-corrected chi connectivity index (χ2v) is 3.36. The van der Waals surface area contributed by atoms with Crippen LogP contribution >= 0.6 is 0 Å². The Morgan fingerprint density at radius 1 is 1.75 bits per heavy atom. The van der Waals surface area contributed by atoms with Gasteiger partial charge in [-0.1, -0.05) is 0 Å². The van der Waals surface area contributed by atoms with Crippen molar-refractivity contribution in [3.8, 4) is 0 Å². The van der Waals surface area contributed by atoms with Crippen molar-refractivity contribution in [1.29, 1.82) is 0 Å². The highest BCUT2D eigenvalue weighted by Crippen LogP contribution is 2.03. The first kappa shape index (κ1) is 9.89. The average Bonchev–Trinajstić information content (AvgIpc) is 2.09. The molecule has 0 bridgehead atoms. The van der Waals surface area contributed by atoms with Gasteiger partial charge in [-0.15, -0.1) is 0 Å². The zero-order valence-corrected chi connectivity index (χ0v) is 7.46. The molecule has 0 aromatic carbocycles. The Labute approximate surface area is 72.6 Å². The largest absolute Gasteiger partial charge is 0.389 e. The Morgan fingerprint density at radius 2 is 2.50 bits per heavy atom. The Kier molecular flexibility index (Phi) is 3.91. The molecule has 0 radical (unpaired) electrons. The third kappa shape index (κ3) is 2.69. The zero-order chi connectivity index (χ0) is 8.97. The van der Waals surface area contributed by atoms with Gasteiger partial charge in [-0.3, -0.25) is 4.90 Å².